The summed E-state index contributed by atoms with van der Waals surface area (Å²) in [6.45, 7) is 3.62. The van der Waals surface area contributed by atoms with Crippen LogP contribution < -0.4 is 16.3 Å². The molecule has 0 aliphatic heterocycles. The Hall–Kier alpha value is -5.05. The average Bonchev–Trinajstić information content (AvgIpc) is 2.92. The predicted octanol–water partition coefficient (Wildman–Crippen LogP) is 4.38. The summed E-state index contributed by atoms with van der Waals surface area (Å²) in [7, 11) is 0. The summed E-state index contributed by atoms with van der Waals surface area (Å²) in [4.78, 5) is 50.8. The van der Waals surface area contributed by atoms with Crippen molar-refractivity contribution >= 4 is 39.6 Å². The largest absolute Gasteiger partial charge is 0.462 e. The summed E-state index contributed by atoms with van der Waals surface area (Å²) in [5.74, 6) is -0.924. The molecule has 0 aliphatic rings. The highest BCUT2D eigenvalue weighted by Gasteiger charge is 2.21. The van der Waals surface area contributed by atoms with Crippen molar-refractivity contribution in [2.24, 2.45) is 0 Å². The zero-order chi connectivity index (χ0) is 25.9. The molecule has 0 atom stereocenters. The fourth-order valence-electron chi connectivity index (χ4n) is 4.20. The first-order valence-electron chi connectivity index (χ1n) is 11.7. The molecule has 3 aromatic carbocycles. The molecule has 5 aromatic rings. The quantitative estimate of drug-likeness (QED) is 0.182. The Morgan fingerprint density at radius 1 is 0.919 bits per heavy atom. The molecule has 0 saturated carbocycles. The summed E-state index contributed by atoms with van der Waals surface area (Å²) in [6, 6.07) is 21.3. The van der Waals surface area contributed by atoms with Crippen LogP contribution in [0.3, 0.4) is 0 Å². The number of rotatable bonds is 6. The summed E-state index contributed by atoms with van der Waals surface area (Å²) in [5.41, 5.74) is 8.24. The van der Waals surface area contributed by atoms with Gasteiger partial charge in [0.15, 0.2) is 5.43 Å². The second-order valence-electron chi connectivity index (χ2n) is 8.25. The van der Waals surface area contributed by atoms with E-state index in [1.54, 1.807) is 50.2 Å². The minimum Gasteiger partial charge on any atom is -0.462 e. The lowest BCUT2D eigenvalue weighted by atomic mass is 10.0. The molecule has 0 spiro atoms. The minimum atomic E-state index is -0.527. The number of pyridine rings is 1. The molecule has 3 N–H and O–H groups in total. The van der Waals surface area contributed by atoms with E-state index in [-0.39, 0.29) is 29.1 Å². The second-order valence-corrected chi connectivity index (χ2v) is 8.25. The number of carbonyl (C=O) groups excluding carboxylic acids is 2. The number of ether oxygens (including phenoxy) is 1. The number of hydrogen-bond acceptors (Lipinski definition) is 7. The van der Waals surface area contributed by atoms with Crippen molar-refractivity contribution in [3.8, 4) is 11.3 Å². The van der Waals surface area contributed by atoms with Crippen LogP contribution in [-0.2, 0) is 4.74 Å². The highest BCUT2D eigenvalue weighted by atomic mass is 16.5. The Morgan fingerprint density at radius 2 is 1.65 bits per heavy atom. The van der Waals surface area contributed by atoms with Crippen LogP contribution in [0.15, 0.2) is 77.6 Å². The Balaban J connectivity index is 1.49. The molecule has 0 bridgehead atoms. The van der Waals surface area contributed by atoms with Crippen LogP contribution >= 0.6 is 0 Å². The Bertz CT molecular complexity index is 1710. The molecule has 2 heterocycles. The minimum absolute atomic E-state index is 0.0944. The summed E-state index contributed by atoms with van der Waals surface area (Å²) in [6.07, 6.45) is 0. The van der Waals surface area contributed by atoms with Crippen molar-refractivity contribution in [2.75, 3.05) is 12.0 Å². The standard InChI is InChI=1S/C28H23N5O4/c1-3-37-27(36)22-16(2)29-28(31-23(22)17-10-5-4-6-11-17)33-32-26(35)20-14-9-13-19-24(20)30-21-15-8-7-12-18(21)25(19)34/h4-15H,3H2,1-2H3,(H,30,34)(H,32,35)(H,29,31,33). The maximum absolute atomic E-state index is 13.2. The Kier molecular flexibility index (Phi) is 6.34. The highest BCUT2D eigenvalue weighted by molar-refractivity contribution is 6.08. The number of para-hydroxylation sites is 2. The Labute approximate surface area is 211 Å². The predicted molar refractivity (Wildman–Crippen MR) is 141 cm³/mol. The highest BCUT2D eigenvalue weighted by Crippen LogP contribution is 2.26. The lowest BCUT2D eigenvalue weighted by Gasteiger charge is -2.14. The van der Waals surface area contributed by atoms with Gasteiger partial charge in [0.05, 0.1) is 29.1 Å². The average molecular weight is 494 g/mol. The fourth-order valence-corrected chi connectivity index (χ4v) is 4.20. The first kappa shape index (κ1) is 23.7. The SMILES string of the molecule is CCOC(=O)c1c(C)nc(NNC(=O)c2cccc3c(=O)c4ccccc4[nH]c23)nc1-c1ccccc1. The molecule has 2 aromatic heterocycles. The maximum Gasteiger partial charge on any atom is 0.342 e. The smallest absolute Gasteiger partial charge is 0.342 e. The third-order valence-electron chi connectivity index (χ3n) is 5.89. The van der Waals surface area contributed by atoms with E-state index in [0.29, 0.717) is 38.8 Å². The number of aromatic nitrogens is 3. The first-order valence-corrected chi connectivity index (χ1v) is 11.7. The zero-order valence-corrected chi connectivity index (χ0v) is 20.2. The number of aryl methyl sites for hydroxylation is 1. The molecule has 0 fully saturated rings. The molecule has 9 heteroatoms. The van der Waals surface area contributed by atoms with Gasteiger partial charge in [0, 0.05) is 21.9 Å². The van der Waals surface area contributed by atoms with Gasteiger partial charge in [-0.3, -0.25) is 20.4 Å². The van der Waals surface area contributed by atoms with Gasteiger partial charge in [-0.25, -0.2) is 14.8 Å². The van der Waals surface area contributed by atoms with E-state index in [2.05, 4.69) is 25.8 Å². The molecule has 9 nitrogen and oxygen atoms in total. The van der Waals surface area contributed by atoms with Gasteiger partial charge in [0.25, 0.3) is 5.91 Å². The van der Waals surface area contributed by atoms with Gasteiger partial charge in [0.2, 0.25) is 5.95 Å². The van der Waals surface area contributed by atoms with Crippen molar-refractivity contribution in [3.05, 3.63) is 99.8 Å². The van der Waals surface area contributed by atoms with Crippen LogP contribution in [0.1, 0.15) is 33.3 Å². The van der Waals surface area contributed by atoms with Gasteiger partial charge in [-0.05, 0) is 38.1 Å². The number of esters is 1. The van der Waals surface area contributed by atoms with Gasteiger partial charge >= 0.3 is 5.97 Å². The van der Waals surface area contributed by atoms with E-state index in [1.165, 1.54) is 0 Å². The van der Waals surface area contributed by atoms with Crippen LogP contribution in [0, 0.1) is 6.92 Å². The van der Waals surface area contributed by atoms with E-state index >= 15 is 0 Å². The van der Waals surface area contributed by atoms with Gasteiger partial charge in [0.1, 0.15) is 5.56 Å². The van der Waals surface area contributed by atoms with Crippen LogP contribution in [0.2, 0.25) is 0 Å². The van der Waals surface area contributed by atoms with Gasteiger partial charge in [-0.2, -0.15) is 0 Å². The van der Waals surface area contributed by atoms with Crippen LogP contribution in [0.4, 0.5) is 5.95 Å². The number of nitrogens with zero attached hydrogens (tertiary/aromatic N) is 2. The summed E-state index contributed by atoms with van der Waals surface area (Å²) < 4.78 is 5.21. The Morgan fingerprint density at radius 3 is 2.43 bits per heavy atom. The molecule has 184 valence electrons. The number of H-pyrrole nitrogens is 1. The first-order chi connectivity index (χ1) is 18.0. The third kappa shape index (κ3) is 4.50. The number of benzene rings is 3. The van der Waals surface area contributed by atoms with Gasteiger partial charge < -0.3 is 9.72 Å². The lowest BCUT2D eigenvalue weighted by Crippen LogP contribution is -2.31. The van der Waals surface area contributed by atoms with Crippen molar-refractivity contribution < 1.29 is 14.3 Å². The van der Waals surface area contributed by atoms with Crippen LogP contribution in [-0.4, -0.2) is 33.4 Å². The molecule has 37 heavy (non-hydrogen) atoms. The van der Waals surface area contributed by atoms with E-state index in [9.17, 15) is 14.4 Å². The molecule has 0 aliphatic carbocycles. The van der Waals surface area contributed by atoms with Crippen molar-refractivity contribution in [3.63, 3.8) is 0 Å². The lowest BCUT2D eigenvalue weighted by molar-refractivity contribution is 0.0525. The third-order valence-corrected chi connectivity index (χ3v) is 5.89. The maximum atomic E-state index is 13.2. The molecular weight excluding hydrogens is 470 g/mol. The van der Waals surface area contributed by atoms with Crippen LogP contribution in [0.25, 0.3) is 33.1 Å². The van der Waals surface area contributed by atoms with Gasteiger partial charge in [-0.15, -0.1) is 0 Å². The van der Waals surface area contributed by atoms with Crippen molar-refractivity contribution in [1.82, 2.24) is 20.4 Å². The fraction of sp³-hybridized carbons (Fsp3) is 0.107. The molecule has 0 saturated heterocycles. The van der Waals surface area contributed by atoms with Crippen molar-refractivity contribution in [2.45, 2.75) is 13.8 Å². The normalized spacial score (nSPS) is 10.9. The monoisotopic (exact) mass is 493 g/mol. The molecule has 5 rings (SSSR count). The van der Waals surface area contributed by atoms with E-state index in [0.717, 1.165) is 0 Å². The number of carbonyl (C=O) groups is 2. The number of amides is 1. The van der Waals surface area contributed by atoms with E-state index < -0.39 is 11.9 Å². The molecular formula is C28H23N5O4. The molecule has 0 unspecified atom stereocenters. The number of anilines is 1. The second kappa shape index (κ2) is 9.90. The number of hydrogen-bond donors (Lipinski definition) is 3. The number of nitrogens with one attached hydrogen (secondary N) is 3. The number of aromatic amines is 1. The number of hydrazine groups is 1. The van der Waals surface area contributed by atoms with Gasteiger partial charge in [-0.1, -0.05) is 48.5 Å². The zero-order valence-electron chi connectivity index (χ0n) is 20.2. The van der Waals surface area contributed by atoms with E-state index in [1.807, 2.05) is 36.4 Å². The van der Waals surface area contributed by atoms with Crippen LogP contribution in [0.5, 0.6) is 0 Å². The number of fused-ring (bicyclic) bond motifs is 2. The van der Waals surface area contributed by atoms with E-state index in [4.69, 9.17) is 4.74 Å². The molecule has 1 amide bonds. The summed E-state index contributed by atoms with van der Waals surface area (Å²) >= 11 is 0. The topological polar surface area (TPSA) is 126 Å². The van der Waals surface area contributed by atoms with Crippen molar-refractivity contribution in [1.29, 1.82) is 0 Å². The summed E-state index contributed by atoms with van der Waals surface area (Å²) in [5, 5.41) is 0.952. The molecule has 0 radical (unpaired) electrons.